The fourth-order valence-electron chi connectivity index (χ4n) is 1.40. The maximum Gasteiger partial charge on any atom is 0.174 e. The molecule has 0 saturated heterocycles. The molecule has 17 heavy (non-hydrogen) atoms. The highest BCUT2D eigenvalue weighted by molar-refractivity contribution is 5.32. The van der Waals surface area contributed by atoms with Crippen LogP contribution in [-0.2, 0) is 13.2 Å². The van der Waals surface area contributed by atoms with Gasteiger partial charge in [0.25, 0.3) is 0 Å². The summed E-state index contributed by atoms with van der Waals surface area (Å²) in [5, 5.41) is 3.73. The molecule has 0 spiro atoms. The summed E-state index contributed by atoms with van der Waals surface area (Å²) in [5.41, 5.74) is 6.93. The highest BCUT2D eigenvalue weighted by Gasteiger charge is 2.06. The van der Waals surface area contributed by atoms with E-state index in [1.165, 1.54) is 12.1 Å². The van der Waals surface area contributed by atoms with Gasteiger partial charge < -0.3 is 15.0 Å². The Hall–Kier alpha value is -1.88. The van der Waals surface area contributed by atoms with Gasteiger partial charge in [-0.15, -0.1) is 0 Å². The van der Waals surface area contributed by atoms with E-state index in [0.29, 0.717) is 23.7 Å². The third-order valence-corrected chi connectivity index (χ3v) is 2.34. The number of aromatic nitrogens is 1. The van der Waals surface area contributed by atoms with E-state index >= 15 is 0 Å². The molecular formula is C12H13FN2O2. The second-order valence-corrected chi connectivity index (χ2v) is 3.69. The maximum absolute atomic E-state index is 13.0. The Balaban J connectivity index is 2.04. The molecule has 0 atom stereocenters. The highest BCUT2D eigenvalue weighted by Crippen LogP contribution is 2.20. The van der Waals surface area contributed by atoms with Gasteiger partial charge in [-0.2, -0.15) is 0 Å². The number of rotatable bonds is 4. The van der Waals surface area contributed by atoms with Crippen molar-refractivity contribution < 1.29 is 13.7 Å². The zero-order valence-corrected chi connectivity index (χ0v) is 9.44. The van der Waals surface area contributed by atoms with Crippen LogP contribution in [0, 0.1) is 12.7 Å². The van der Waals surface area contributed by atoms with Crippen LogP contribution in [0.2, 0.25) is 0 Å². The van der Waals surface area contributed by atoms with Gasteiger partial charge >= 0.3 is 0 Å². The number of hydrogen-bond donors (Lipinski definition) is 1. The molecule has 0 saturated carbocycles. The van der Waals surface area contributed by atoms with E-state index in [9.17, 15) is 4.39 Å². The minimum absolute atomic E-state index is 0.206. The maximum atomic E-state index is 13.0. The number of halogens is 1. The van der Waals surface area contributed by atoms with Crippen molar-refractivity contribution in [2.45, 2.75) is 20.1 Å². The lowest BCUT2D eigenvalue weighted by Crippen LogP contribution is -1.97. The average Bonchev–Trinajstić information content (AvgIpc) is 2.78. The second-order valence-electron chi connectivity index (χ2n) is 3.69. The van der Waals surface area contributed by atoms with Crippen molar-refractivity contribution in [1.82, 2.24) is 5.16 Å². The minimum atomic E-state index is -0.328. The predicted molar refractivity (Wildman–Crippen MR) is 59.9 cm³/mol. The summed E-state index contributed by atoms with van der Waals surface area (Å²) in [6.07, 6.45) is 0. The normalized spacial score (nSPS) is 10.5. The molecule has 0 unspecified atom stereocenters. The molecule has 0 bridgehead atoms. The topological polar surface area (TPSA) is 61.3 Å². The molecule has 0 aliphatic rings. The summed E-state index contributed by atoms with van der Waals surface area (Å²) in [6, 6.07) is 6.11. The van der Waals surface area contributed by atoms with E-state index in [1.54, 1.807) is 12.1 Å². The Morgan fingerprint density at radius 3 is 2.94 bits per heavy atom. The van der Waals surface area contributed by atoms with Crippen molar-refractivity contribution in [2.24, 2.45) is 5.73 Å². The van der Waals surface area contributed by atoms with Crippen molar-refractivity contribution in [3.05, 3.63) is 47.1 Å². The lowest BCUT2D eigenvalue weighted by Gasteiger charge is -2.06. The summed E-state index contributed by atoms with van der Waals surface area (Å²) in [7, 11) is 0. The molecular weight excluding hydrogens is 223 g/mol. The Bertz CT molecular complexity index is 511. The summed E-state index contributed by atoms with van der Waals surface area (Å²) in [5.74, 6) is 0.732. The third kappa shape index (κ3) is 2.82. The van der Waals surface area contributed by atoms with Gasteiger partial charge in [0.1, 0.15) is 18.2 Å². The van der Waals surface area contributed by atoms with Crippen molar-refractivity contribution in [3.8, 4) is 5.75 Å². The van der Waals surface area contributed by atoms with Crippen LogP contribution >= 0.6 is 0 Å². The van der Waals surface area contributed by atoms with Gasteiger partial charge in [0.15, 0.2) is 5.76 Å². The van der Waals surface area contributed by atoms with Crippen LogP contribution in [0.5, 0.6) is 5.75 Å². The molecule has 0 aliphatic heterocycles. The van der Waals surface area contributed by atoms with E-state index in [0.717, 1.165) is 5.56 Å². The van der Waals surface area contributed by atoms with Gasteiger partial charge in [0.2, 0.25) is 0 Å². The summed E-state index contributed by atoms with van der Waals surface area (Å²) in [6.45, 7) is 2.38. The van der Waals surface area contributed by atoms with Crippen LogP contribution in [-0.4, -0.2) is 5.16 Å². The number of nitrogens with zero attached hydrogens (tertiary/aromatic N) is 1. The fraction of sp³-hybridized carbons (Fsp3) is 0.250. The first-order valence-corrected chi connectivity index (χ1v) is 5.22. The monoisotopic (exact) mass is 236 g/mol. The smallest absolute Gasteiger partial charge is 0.174 e. The van der Waals surface area contributed by atoms with Gasteiger partial charge in [0.05, 0.1) is 5.69 Å². The number of ether oxygens (including phenoxy) is 1. The van der Waals surface area contributed by atoms with Crippen molar-refractivity contribution >= 4 is 0 Å². The summed E-state index contributed by atoms with van der Waals surface area (Å²) < 4.78 is 23.4. The van der Waals surface area contributed by atoms with Crippen LogP contribution in [0.4, 0.5) is 4.39 Å². The van der Waals surface area contributed by atoms with Crippen LogP contribution in [0.25, 0.3) is 0 Å². The minimum Gasteiger partial charge on any atom is -0.485 e. The van der Waals surface area contributed by atoms with E-state index in [1.807, 2.05) is 6.92 Å². The molecule has 1 aromatic carbocycles. The molecule has 2 N–H and O–H groups in total. The molecule has 5 heteroatoms. The SMILES string of the molecule is Cc1ccc(F)cc1OCc1cc(CN)no1. The molecule has 0 fully saturated rings. The summed E-state index contributed by atoms with van der Waals surface area (Å²) in [4.78, 5) is 0. The molecule has 0 radical (unpaired) electrons. The fourth-order valence-corrected chi connectivity index (χ4v) is 1.40. The molecule has 1 heterocycles. The molecule has 0 amide bonds. The lowest BCUT2D eigenvalue weighted by atomic mass is 10.2. The molecule has 90 valence electrons. The first-order valence-electron chi connectivity index (χ1n) is 5.22. The largest absolute Gasteiger partial charge is 0.485 e. The molecule has 2 aromatic rings. The Morgan fingerprint density at radius 1 is 1.41 bits per heavy atom. The van der Waals surface area contributed by atoms with Crippen LogP contribution in [0.1, 0.15) is 17.0 Å². The first kappa shape index (κ1) is 11.6. The van der Waals surface area contributed by atoms with Crippen LogP contribution < -0.4 is 10.5 Å². The molecule has 1 aromatic heterocycles. The van der Waals surface area contributed by atoms with E-state index in [-0.39, 0.29) is 12.4 Å². The van der Waals surface area contributed by atoms with Crippen LogP contribution in [0.15, 0.2) is 28.8 Å². The zero-order valence-electron chi connectivity index (χ0n) is 9.44. The van der Waals surface area contributed by atoms with Crippen molar-refractivity contribution in [1.29, 1.82) is 0 Å². The van der Waals surface area contributed by atoms with Gasteiger partial charge in [0, 0.05) is 18.7 Å². The number of nitrogens with two attached hydrogens (primary N) is 1. The van der Waals surface area contributed by atoms with Crippen LogP contribution in [0.3, 0.4) is 0 Å². The molecule has 0 aliphatic carbocycles. The molecule has 4 nitrogen and oxygen atoms in total. The Labute approximate surface area is 98.2 Å². The highest BCUT2D eigenvalue weighted by atomic mass is 19.1. The zero-order chi connectivity index (χ0) is 12.3. The molecule has 2 rings (SSSR count). The van der Waals surface area contributed by atoms with E-state index in [2.05, 4.69) is 5.16 Å². The predicted octanol–water partition coefficient (Wildman–Crippen LogP) is 2.16. The second kappa shape index (κ2) is 4.97. The summed E-state index contributed by atoms with van der Waals surface area (Å²) >= 11 is 0. The van der Waals surface area contributed by atoms with Gasteiger partial charge in [-0.05, 0) is 18.6 Å². The standard InChI is InChI=1S/C12H13FN2O2/c1-8-2-3-9(13)4-12(8)16-7-11-5-10(6-14)15-17-11/h2-5H,6-7,14H2,1H3. The quantitative estimate of drug-likeness (QED) is 0.883. The van der Waals surface area contributed by atoms with Crippen molar-refractivity contribution in [2.75, 3.05) is 0 Å². The van der Waals surface area contributed by atoms with Gasteiger partial charge in [-0.3, -0.25) is 0 Å². The Morgan fingerprint density at radius 2 is 2.24 bits per heavy atom. The van der Waals surface area contributed by atoms with E-state index in [4.69, 9.17) is 15.0 Å². The van der Waals surface area contributed by atoms with Gasteiger partial charge in [-0.1, -0.05) is 11.2 Å². The van der Waals surface area contributed by atoms with Crippen molar-refractivity contribution in [3.63, 3.8) is 0 Å². The number of hydrogen-bond acceptors (Lipinski definition) is 4. The van der Waals surface area contributed by atoms with Gasteiger partial charge in [-0.25, -0.2) is 4.39 Å². The third-order valence-electron chi connectivity index (χ3n) is 2.34. The Kier molecular flexibility index (Phi) is 3.39. The average molecular weight is 236 g/mol. The van der Waals surface area contributed by atoms with E-state index < -0.39 is 0 Å². The number of aryl methyl sites for hydroxylation is 1. The number of benzene rings is 1. The lowest BCUT2D eigenvalue weighted by molar-refractivity contribution is 0.246. The first-order chi connectivity index (χ1) is 8.19.